The number of hydrogen-bond acceptors (Lipinski definition) is 3. The minimum Gasteiger partial charge on any atom is -0.318 e. The van der Waals surface area contributed by atoms with Gasteiger partial charge < -0.3 is 5.32 Å². The first-order chi connectivity index (χ1) is 14.4. The van der Waals surface area contributed by atoms with Crippen molar-refractivity contribution in [1.82, 2.24) is 14.8 Å². The second-order valence-electron chi connectivity index (χ2n) is 6.60. The van der Waals surface area contributed by atoms with Crippen molar-refractivity contribution >= 4 is 46.4 Å². The van der Waals surface area contributed by atoms with Gasteiger partial charge in [0, 0.05) is 15.6 Å². The number of aromatic nitrogens is 3. The Balaban J connectivity index is 1.76. The first-order valence-electron chi connectivity index (χ1n) is 8.97. The second kappa shape index (κ2) is 8.48. The molecule has 0 saturated carbocycles. The molecule has 0 fully saturated rings. The smallest absolute Gasteiger partial charge is 0.295 e. The van der Waals surface area contributed by atoms with Gasteiger partial charge in [0.05, 0.1) is 16.4 Å². The minimum atomic E-state index is -0.485. The zero-order chi connectivity index (χ0) is 21.3. The van der Waals surface area contributed by atoms with E-state index >= 15 is 0 Å². The fraction of sp³-hybridized carbons (Fsp3) is 0.0455. The first kappa shape index (κ1) is 20.4. The van der Waals surface area contributed by atoms with Gasteiger partial charge in [-0.1, -0.05) is 58.6 Å². The lowest BCUT2D eigenvalue weighted by molar-refractivity contribution is 0.101. The SMILES string of the molecule is Cc1cccc(-c2nc(C(=O)Nc3ccc(Cl)cc3Cl)nn2-c2ccc(Cl)cc2)c1. The van der Waals surface area contributed by atoms with Gasteiger partial charge in [-0.3, -0.25) is 4.79 Å². The van der Waals surface area contributed by atoms with Crippen molar-refractivity contribution in [2.24, 2.45) is 0 Å². The molecule has 0 aliphatic heterocycles. The molecule has 1 amide bonds. The summed E-state index contributed by atoms with van der Waals surface area (Å²) in [4.78, 5) is 17.3. The lowest BCUT2D eigenvalue weighted by Crippen LogP contribution is -2.14. The zero-order valence-corrected chi connectivity index (χ0v) is 18.0. The van der Waals surface area contributed by atoms with Gasteiger partial charge in [-0.15, -0.1) is 5.10 Å². The number of nitrogens with zero attached hydrogens (tertiary/aromatic N) is 3. The Morgan fingerprint density at radius 3 is 2.37 bits per heavy atom. The Labute approximate surface area is 188 Å². The predicted octanol–water partition coefficient (Wildman–Crippen LogP) is 6.46. The van der Waals surface area contributed by atoms with Gasteiger partial charge >= 0.3 is 0 Å². The summed E-state index contributed by atoms with van der Waals surface area (Å²) in [5, 5.41) is 8.58. The number of aryl methyl sites for hydroxylation is 1. The van der Waals surface area contributed by atoms with Crippen molar-refractivity contribution in [3.8, 4) is 17.1 Å². The molecule has 0 atom stereocenters. The largest absolute Gasteiger partial charge is 0.318 e. The molecule has 1 N–H and O–H groups in total. The summed E-state index contributed by atoms with van der Waals surface area (Å²) in [5.74, 6) is 0.0571. The molecule has 0 spiro atoms. The number of anilines is 1. The minimum absolute atomic E-state index is 0.00692. The molecule has 30 heavy (non-hydrogen) atoms. The van der Waals surface area contributed by atoms with Crippen molar-refractivity contribution < 1.29 is 4.79 Å². The van der Waals surface area contributed by atoms with E-state index in [1.807, 2.05) is 43.3 Å². The highest BCUT2D eigenvalue weighted by atomic mass is 35.5. The van der Waals surface area contributed by atoms with Crippen LogP contribution in [0.15, 0.2) is 66.7 Å². The summed E-state index contributed by atoms with van der Waals surface area (Å²) in [6.07, 6.45) is 0. The Kier molecular flexibility index (Phi) is 5.77. The standard InChI is InChI=1S/C22H15Cl3N4O/c1-13-3-2-4-14(11-13)21-27-20(28-29(21)17-8-5-15(23)6-9-17)22(30)26-19-10-7-16(24)12-18(19)25/h2-12H,1H3,(H,26,30). The van der Waals surface area contributed by atoms with Gasteiger partial charge in [-0.05, 0) is 55.5 Å². The van der Waals surface area contributed by atoms with E-state index < -0.39 is 5.91 Å². The maximum absolute atomic E-state index is 12.8. The van der Waals surface area contributed by atoms with Crippen molar-refractivity contribution in [3.63, 3.8) is 0 Å². The van der Waals surface area contributed by atoms with Crippen molar-refractivity contribution in [2.75, 3.05) is 5.32 Å². The van der Waals surface area contributed by atoms with Gasteiger partial charge in [0.15, 0.2) is 5.82 Å². The normalized spacial score (nSPS) is 10.8. The van der Waals surface area contributed by atoms with Crippen LogP contribution in [0.4, 0.5) is 5.69 Å². The van der Waals surface area contributed by atoms with Crippen molar-refractivity contribution in [2.45, 2.75) is 6.92 Å². The first-order valence-corrected chi connectivity index (χ1v) is 10.1. The summed E-state index contributed by atoms with van der Waals surface area (Å²) in [6.45, 7) is 1.99. The van der Waals surface area contributed by atoms with Crippen LogP contribution in [0.25, 0.3) is 17.1 Å². The Morgan fingerprint density at radius 1 is 0.933 bits per heavy atom. The monoisotopic (exact) mass is 456 g/mol. The highest BCUT2D eigenvalue weighted by molar-refractivity contribution is 6.36. The van der Waals surface area contributed by atoms with Crippen LogP contribution in [-0.2, 0) is 0 Å². The van der Waals surface area contributed by atoms with Crippen LogP contribution in [0.2, 0.25) is 15.1 Å². The second-order valence-corrected chi connectivity index (χ2v) is 7.88. The Morgan fingerprint density at radius 2 is 1.67 bits per heavy atom. The van der Waals surface area contributed by atoms with Gasteiger partial charge in [-0.2, -0.15) is 0 Å². The van der Waals surface area contributed by atoms with E-state index in [4.69, 9.17) is 34.8 Å². The third kappa shape index (κ3) is 4.33. The number of carbonyl (C=O) groups is 1. The summed E-state index contributed by atoms with van der Waals surface area (Å²) in [7, 11) is 0. The molecule has 5 nitrogen and oxygen atoms in total. The molecule has 150 valence electrons. The summed E-state index contributed by atoms with van der Waals surface area (Å²) in [5.41, 5.74) is 3.05. The lowest BCUT2D eigenvalue weighted by atomic mass is 10.1. The molecular weight excluding hydrogens is 443 g/mol. The molecule has 0 unspecified atom stereocenters. The Hall–Kier alpha value is -2.86. The van der Waals surface area contributed by atoms with E-state index in [-0.39, 0.29) is 5.82 Å². The quantitative estimate of drug-likeness (QED) is 0.383. The van der Waals surface area contributed by atoms with Gasteiger partial charge in [-0.25, -0.2) is 9.67 Å². The fourth-order valence-corrected chi connectivity index (χ4v) is 3.49. The third-order valence-corrected chi connectivity index (χ3v) is 5.14. The van der Waals surface area contributed by atoms with Crippen LogP contribution < -0.4 is 5.32 Å². The van der Waals surface area contributed by atoms with E-state index in [9.17, 15) is 4.79 Å². The van der Waals surface area contributed by atoms with Crippen LogP contribution >= 0.6 is 34.8 Å². The highest BCUT2D eigenvalue weighted by Crippen LogP contribution is 2.27. The third-order valence-electron chi connectivity index (χ3n) is 4.34. The Bertz CT molecular complexity index is 1240. The molecule has 8 heteroatoms. The van der Waals surface area contributed by atoms with E-state index in [0.29, 0.717) is 26.6 Å². The molecule has 4 aromatic rings. The van der Waals surface area contributed by atoms with Crippen LogP contribution in [0, 0.1) is 6.92 Å². The maximum atomic E-state index is 12.8. The molecular formula is C22H15Cl3N4O. The molecule has 0 radical (unpaired) electrons. The summed E-state index contributed by atoms with van der Waals surface area (Å²) in [6, 6.07) is 19.8. The number of carbonyl (C=O) groups excluding carboxylic acids is 1. The summed E-state index contributed by atoms with van der Waals surface area (Å²) >= 11 is 18.1. The van der Waals surface area contributed by atoms with E-state index in [0.717, 1.165) is 16.8 Å². The molecule has 0 saturated heterocycles. The van der Waals surface area contributed by atoms with Crippen LogP contribution in [0.5, 0.6) is 0 Å². The van der Waals surface area contributed by atoms with Gasteiger partial charge in [0.2, 0.25) is 5.82 Å². The number of halogens is 3. The van der Waals surface area contributed by atoms with E-state index in [1.54, 1.807) is 35.0 Å². The summed E-state index contributed by atoms with van der Waals surface area (Å²) < 4.78 is 1.61. The number of benzene rings is 3. The van der Waals surface area contributed by atoms with Gasteiger partial charge in [0.1, 0.15) is 0 Å². The van der Waals surface area contributed by atoms with E-state index in [2.05, 4.69) is 15.4 Å². The molecule has 3 aromatic carbocycles. The van der Waals surface area contributed by atoms with Crippen molar-refractivity contribution in [1.29, 1.82) is 0 Å². The molecule has 1 aromatic heterocycles. The van der Waals surface area contributed by atoms with Crippen LogP contribution in [0.3, 0.4) is 0 Å². The molecule has 0 bridgehead atoms. The average molecular weight is 458 g/mol. The van der Waals surface area contributed by atoms with Gasteiger partial charge in [0.25, 0.3) is 5.91 Å². The number of hydrogen-bond donors (Lipinski definition) is 1. The lowest BCUT2D eigenvalue weighted by Gasteiger charge is -2.06. The maximum Gasteiger partial charge on any atom is 0.295 e. The topological polar surface area (TPSA) is 59.8 Å². The van der Waals surface area contributed by atoms with E-state index in [1.165, 1.54) is 0 Å². The zero-order valence-electron chi connectivity index (χ0n) is 15.7. The number of rotatable bonds is 4. The number of nitrogens with one attached hydrogen (secondary N) is 1. The fourth-order valence-electron chi connectivity index (χ4n) is 2.91. The molecule has 1 heterocycles. The van der Waals surface area contributed by atoms with Crippen LogP contribution in [0.1, 0.15) is 16.2 Å². The molecule has 0 aliphatic carbocycles. The highest BCUT2D eigenvalue weighted by Gasteiger charge is 2.20. The average Bonchev–Trinajstić information content (AvgIpc) is 3.16. The van der Waals surface area contributed by atoms with Crippen LogP contribution in [-0.4, -0.2) is 20.7 Å². The molecule has 4 rings (SSSR count). The predicted molar refractivity (Wildman–Crippen MR) is 121 cm³/mol. The molecule has 0 aliphatic rings. The number of amides is 1. The van der Waals surface area contributed by atoms with Crippen molar-refractivity contribution in [3.05, 3.63) is 93.2 Å².